The molecule has 2 fully saturated rings. The molecule has 10 heteroatoms. The monoisotopic (exact) mass is 483 g/mol. The van der Waals surface area contributed by atoms with E-state index in [-0.39, 0.29) is 23.5 Å². The van der Waals surface area contributed by atoms with E-state index < -0.39 is 11.6 Å². The Kier molecular flexibility index (Phi) is 6.64. The number of halogens is 1. The zero-order valence-corrected chi connectivity index (χ0v) is 20.4. The maximum atomic E-state index is 13.5. The molecule has 2 saturated heterocycles. The van der Waals surface area contributed by atoms with Crippen LogP contribution in [0.3, 0.4) is 0 Å². The fourth-order valence-corrected chi connectivity index (χ4v) is 4.51. The van der Waals surface area contributed by atoms with Crippen molar-refractivity contribution < 1.29 is 23.5 Å². The van der Waals surface area contributed by atoms with Crippen molar-refractivity contribution in [1.82, 2.24) is 9.88 Å². The number of amides is 1. The minimum Gasteiger partial charge on any atom is -0.464 e. The van der Waals surface area contributed by atoms with Gasteiger partial charge < -0.3 is 30.0 Å². The summed E-state index contributed by atoms with van der Waals surface area (Å²) in [6.07, 6.45) is 0.922. The van der Waals surface area contributed by atoms with Gasteiger partial charge in [-0.2, -0.15) is 0 Å². The van der Waals surface area contributed by atoms with Crippen LogP contribution in [0.4, 0.5) is 26.4 Å². The van der Waals surface area contributed by atoms with Crippen LogP contribution in [0.5, 0.6) is 0 Å². The normalized spacial score (nSPS) is 17.0. The first-order valence-corrected chi connectivity index (χ1v) is 11.6. The number of rotatable bonds is 6. The van der Waals surface area contributed by atoms with Crippen molar-refractivity contribution in [2.24, 2.45) is 5.92 Å². The van der Waals surface area contributed by atoms with Crippen LogP contribution in [0.15, 0.2) is 30.3 Å². The average molecular weight is 484 g/mol. The van der Waals surface area contributed by atoms with E-state index in [2.05, 4.69) is 15.2 Å². The third kappa shape index (κ3) is 4.91. The van der Waals surface area contributed by atoms with Crippen LogP contribution < -0.4 is 10.2 Å². The SMILES string of the molecule is COC(=O)c1cc(N2CCC3(CC2)CN(C)C(=O)O3)c(C(=N)C(C)C)c(Nc2ccc(F)cc2)n1. The van der Waals surface area contributed by atoms with E-state index in [9.17, 15) is 14.0 Å². The van der Waals surface area contributed by atoms with Gasteiger partial charge in [-0.05, 0) is 36.2 Å². The van der Waals surface area contributed by atoms with Crippen LogP contribution in [-0.2, 0) is 9.47 Å². The van der Waals surface area contributed by atoms with Crippen molar-refractivity contribution in [1.29, 1.82) is 5.41 Å². The molecule has 4 rings (SSSR count). The van der Waals surface area contributed by atoms with Gasteiger partial charge in [-0.15, -0.1) is 0 Å². The summed E-state index contributed by atoms with van der Waals surface area (Å²) in [4.78, 5) is 32.6. The second-order valence-electron chi connectivity index (χ2n) is 9.34. The van der Waals surface area contributed by atoms with E-state index in [1.807, 2.05) is 13.8 Å². The van der Waals surface area contributed by atoms with E-state index in [4.69, 9.17) is 14.9 Å². The topological polar surface area (TPSA) is 108 Å². The van der Waals surface area contributed by atoms with Gasteiger partial charge in [0.2, 0.25) is 0 Å². The zero-order valence-electron chi connectivity index (χ0n) is 20.4. The predicted octanol–water partition coefficient (Wildman–Crippen LogP) is 4.20. The maximum absolute atomic E-state index is 13.5. The van der Waals surface area contributed by atoms with Crippen molar-refractivity contribution >= 4 is 35.0 Å². The van der Waals surface area contributed by atoms with Gasteiger partial charge in [0.05, 0.1) is 24.9 Å². The molecule has 0 bridgehead atoms. The highest BCUT2D eigenvalue weighted by Gasteiger charge is 2.46. The summed E-state index contributed by atoms with van der Waals surface area (Å²) in [5.74, 6) is -0.770. The lowest BCUT2D eigenvalue weighted by atomic mass is 9.90. The summed E-state index contributed by atoms with van der Waals surface area (Å²) in [5.41, 5.74) is 1.73. The average Bonchev–Trinajstić information content (AvgIpc) is 3.11. The molecule has 1 spiro atoms. The highest BCUT2D eigenvalue weighted by atomic mass is 19.1. The van der Waals surface area contributed by atoms with Gasteiger partial charge in [0.1, 0.15) is 17.2 Å². The lowest BCUT2D eigenvalue weighted by molar-refractivity contribution is 0.0366. The lowest BCUT2D eigenvalue weighted by Crippen LogP contribution is -2.47. The fraction of sp³-hybridized carbons (Fsp3) is 0.440. The first-order chi connectivity index (χ1) is 16.6. The van der Waals surface area contributed by atoms with E-state index in [1.54, 1.807) is 30.1 Å². The zero-order chi connectivity index (χ0) is 25.3. The summed E-state index contributed by atoms with van der Waals surface area (Å²) >= 11 is 0. The minimum absolute atomic E-state index is 0.0970. The molecule has 3 heterocycles. The van der Waals surface area contributed by atoms with Crippen molar-refractivity contribution in [3.05, 3.63) is 47.4 Å². The third-order valence-electron chi connectivity index (χ3n) is 6.50. The van der Waals surface area contributed by atoms with Gasteiger partial charge in [-0.25, -0.2) is 19.0 Å². The lowest BCUT2D eigenvalue weighted by Gasteiger charge is -2.39. The van der Waals surface area contributed by atoms with Gasteiger partial charge >= 0.3 is 12.1 Å². The molecular formula is C25H30FN5O4. The highest BCUT2D eigenvalue weighted by molar-refractivity contribution is 6.09. The molecule has 2 aliphatic rings. The number of hydrogen-bond acceptors (Lipinski definition) is 8. The molecule has 186 valence electrons. The van der Waals surface area contributed by atoms with Crippen LogP contribution >= 0.6 is 0 Å². The quantitative estimate of drug-likeness (QED) is 0.468. The van der Waals surface area contributed by atoms with Gasteiger partial charge in [0, 0.05) is 44.4 Å². The molecule has 35 heavy (non-hydrogen) atoms. The number of nitrogens with zero attached hydrogens (tertiary/aromatic N) is 3. The first-order valence-electron chi connectivity index (χ1n) is 11.6. The largest absolute Gasteiger partial charge is 0.464 e. The van der Waals surface area contributed by atoms with Crippen molar-refractivity contribution in [3.8, 4) is 0 Å². The number of esters is 1. The molecule has 1 aromatic heterocycles. The van der Waals surface area contributed by atoms with Gasteiger partial charge in [0.25, 0.3) is 0 Å². The molecule has 0 saturated carbocycles. The number of carbonyl (C=O) groups is 2. The van der Waals surface area contributed by atoms with Gasteiger partial charge in [0.15, 0.2) is 5.69 Å². The van der Waals surface area contributed by atoms with E-state index >= 15 is 0 Å². The first kappa shape index (κ1) is 24.4. The minimum atomic E-state index is -0.601. The van der Waals surface area contributed by atoms with Crippen LogP contribution in [0.25, 0.3) is 0 Å². The van der Waals surface area contributed by atoms with Gasteiger partial charge in [-0.1, -0.05) is 13.8 Å². The molecule has 9 nitrogen and oxygen atoms in total. The number of piperidine rings is 1. The number of methoxy groups -OCH3 is 1. The number of ether oxygens (including phenoxy) is 2. The molecule has 2 aliphatic heterocycles. The molecule has 2 N–H and O–H groups in total. The van der Waals surface area contributed by atoms with Crippen LogP contribution in [0.1, 0.15) is 42.7 Å². The Morgan fingerprint density at radius 2 is 1.91 bits per heavy atom. The standard InChI is InChI=1S/C25H30FN5O4/c1-15(2)21(27)20-19(31-11-9-25(10-12-31)14-30(3)24(33)35-25)13-18(23(32)34-4)29-22(20)28-17-7-5-16(26)6-8-17/h5-8,13,15,27H,9-12,14H2,1-4H3,(H,28,29). The Bertz CT molecular complexity index is 1140. The summed E-state index contributed by atoms with van der Waals surface area (Å²) in [6.45, 7) is 5.51. The molecule has 0 aliphatic carbocycles. The van der Waals surface area contributed by atoms with Crippen LogP contribution in [0, 0.1) is 17.1 Å². The Labute approximate surface area is 203 Å². The number of hydrogen-bond donors (Lipinski definition) is 2. The van der Waals surface area contributed by atoms with E-state index in [1.165, 1.54) is 19.2 Å². The maximum Gasteiger partial charge on any atom is 0.410 e. The van der Waals surface area contributed by atoms with Crippen molar-refractivity contribution in [2.45, 2.75) is 32.3 Å². The Hall–Kier alpha value is -3.69. The molecule has 0 radical (unpaired) electrons. The summed E-state index contributed by atoms with van der Waals surface area (Å²) in [6, 6.07) is 7.44. The molecular weight excluding hydrogens is 453 g/mol. The van der Waals surface area contributed by atoms with Crippen molar-refractivity contribution in [2.75, 3.05) is 44.0 Å². The summed E-state index contributed by atoms with van der Waals surface area (Å²) < 4.78 is 24.1. The smallest absolute Gasteiger partial charge is 0.410 e. The van der Waals surface area contributed by atoms with E-state index in [0.29, 0.717) is 60.9 Å². The number of carbonyl (C=O) groups excluding carboxylic acids is 2. The predicted molar refractivity (Wildman–Crippen MR) is 130 cm³/mol. The van der Waals surface area contributed by atoms with Crippen LogP contribution in [-0.4, -0.2) is 67.1 Å². The van der Waals surface area contributed by atoms with E-state index in [0.717, 1.165) is 0 Å². The Morgan fingerprint density at radius 3 is 2.46 bits per heavy atom. The second-order valence-corrected chi connectivity index (χ2v) is 9.34. The summed E-state index contributed by atoms with van der Waals surface area (Å²) in [7, 11) is 3.01. The number of benzene rings is 1. The third-order valence-corrected chi connectivity index (χ3v) is 6.50. The highest BCUT2D eigenvalue weighted by Crippen LogP contribution is 2.38. The number of anilines is 3. The number of aromatic nitrogens is 1. The molecule has 2 aromatic rings. The Morgan fingerprint density at radius 1 is 1.26 bits per heavy atom. The fourth-order valence-electron chi connectivity index (χ4n) is 4.51. The Balaban J connectivity index is 1.75. The number of pyridine rings is 1. The number of likely N-dealkylation sites (N-methyl/N-ethyl adjacent to an activating group) is 1. The van der Waals surface area contributed by atoms with Crippen LogP contribution in [0.2, 0.25) is 0 Å². The summed E-state index contributed by atoms with van der Waals surface area (Å²) in [5, 5.41) is 12.0. The molecule has 0 atom stereocenters. The molecule has 1 aromatic carbocycles. The van der Waals surface area contributed by atoms with Crippen molar-refractivity contribution in [3.63, 3.8) is 0 Å². The molecule has 0 unspecified atom stereocenters. The number of nitrogens with one attached hydrogen (secondary N) is 2. The second kappa shape index (κ2) is 9.52. The van der Waals surface area contributed by atoms with Gasteiger partial charge in [-0.3, -0.25) is 0 Å². The molecule has 1 amide bonds.